The molecule has 0 spiro atoms. The Labute approximate surface area is 127 Å². The highest BCUT2D eigenvalue weighted by molar-refractivity contribution is 5.93. The number of H-pyrrole nitrogens is 1. The molecule has 1 fully saturated rings. The Bertz CT molecular complexity index is 625. The number of pyridine rings is 1. The van der Waals surface area contributed by atoms with Gasteiger partial charge in [0.2, 0.25) is 5.43 Å². The molecule has 1 aromatic rings. The van der Waals surface area contributed by atoms with Gasteiger partial charge in [0.15, 0.2) is 5.75 Å². The summed E-state index contributed by atoms with van der Waals surface area (Å²) < 4.78 is 4.86. The molecule has 120 valence electrons. The molecule has 0 aromatic carbocycles. The predicted octanol–water partition coefficient (Wildman–Crippen LogP) is 0.956. The third kappa shape index (κ3) is 3.13. The Kier molecular flexibility index (Phi) is 4.85. The average Bonchev–Trinajstić information content (AvgIpc) is 2.91. The largest absolute Gasteiger partial charge is 0.491 e. The fourth-order valence-electron chi connectivity index (χ4n) is 2.89. The number of carbonyl (C=O) groups excluding carboxylic acids is 1. The van der Waals surface area contributed by atoms with Crippen LogP contribution in [0.2, 0.25) is 0 Å². The normalized spacial score (nSPS) is 20.9. The molecule has 0 unspecified atom stereocenters. The van der Waals surface area contributed by atoms with E-state index in [1.807, 2.05) is 6.92 Å². The Morgan fingerprint density at radius 2 is 2.18 bits per heavy atom. The van der Waals surface area contributed by atoms with Gasteiger partial charge in [-0.15, -0.1) is 0 Å². The van der Waals surface area contributed by atoms with Gasteiger partial charge in [0, 0.05) is 25.4 Å². The van der Waals surface area contributed by atoms with Crippen molar-refractivity contribution in [2.75, 3.05) is 20.2 Å². The molecule has 2 N–H and O–H groups in total. The van der Waals surface area contributed by atoms with E-state index in [4.69, 9.17) is 4.74 Å². The standard InChI is InChI=1S/C15H20N2O5/c1-3-4-9-7-17(8-10(9)15(20)21)14(19)11-5-12(18)13(22-2)6-16-11/h5-6,9-10H,3-4,7-8H2,1-2H3,(H,16,18)(H,20,21)/t9-,10-/m1/s1. The summed E-state index contributed by atoms with van der Waals surface area (Å²) in [6.45, 7) is 2.56. The lowest BCUT2D eigenvalue weighted by atomic mass is 9.92. The molecule has 0 aliphatic carbocycles. The maximum Gasteiger partial charge on any atom is 0.308 e. The van der Waals surface area contributed by atoms with E-state index in [1.54, 1.807) is 0 Å². The molecule has 0 bridgehead atoms. The summed E-state index contributed by atoms with van der Waals surface area (Å²) in [4.78, 5) is 39.7. The minimum absolute atomic E-state index is 0.0450. The second-order valence-electron chi connectivity index (χ2n) is 5.48. The minimum Gasteiger partial charge on any atom is -0.491 e. The zero-order chi connectivity index (χ0) is 16.3. The Hall–Kier alpha value is -2.31. The van der Waals surface area contributed by atoms with Crippen molar-refractivity contribution in [1.82, 2.24) is 9.88 Å². The van der Waals surface area contributed by atoms with Crippen LogP contribution < -0.4 is 10.2 Å². The van der Waals surface area contributed by atoms with Crippen LogP contribution in [0.25, 0.3) is 0 Å². The molecule has 2 atom stereocenters. The fourth-order valence-corrected chi connectivity index (χ4v) is 2.89. The van der Waals surface area contributed by atoms with Gasteiger partial charge < -0.3 is 19.7 Å². The first-order chi connectivity index (χ1) is 10.5. The van der Waals surface area contributed by atoms with Crippen molar-refractivity contribution in [3.63, 3.8) is 0 Å². The van der Waals surface area contributed by atoms with Crippen LogP contribution in [-0.4, -0.2) is 47.1 Å². The molecule has 7 heteroatoms. The molecule has 1 aliphatic heterocycles. The second kappa shape index (κ2) is 6.64. The summed E-state index contributed by atoms with van der Waals surface area (Å²) >= 11 is 0. The molecular formula is C15H20N2O5. The zero-order valence-electron chi connectivity index (χ0n) is 12.7. The van der Waals surface area contributed by atoms with Crippen LogP contribution in [0.3, 0.4) is 0 Å². The minimum atomic E-state index is -0.878. The van der Waals surface area contributed by atoms with Gasteiger partial charge in [0.25, 0.3) is 5.91 Å². The first-order valence-corrected chi connectivity index (χ1v) is 7.26. The van der Waals surface area contributed by atoms with Crippen molar-refractivity contribution in [2.24, 2.45) is 11.8 Å². The number of methoxy groups -OCH3 is 1. The molecule has 2 heterocycles. The number of likely N-dealkylation sites (tertiary alicyclic amines) is 1. The number of carboxylic acid groups (broad SMARTS) is 1. The van der Waals surface area contributed by atoms with E-state index in [0.29, 0.717) is 6.54 Å². The van der Waals surface area contributed by atoms with Gasteiger partial charge in [0.05, 0.1) is 13.0 Å². The number of carbonyl (C=O) groups is 2. The van der Waals surface area contributed by atoms with Crippen molar-refractivity contribution >= 4 is 11.9 Å². The third-order valence-electron chi connectivity index (χ3n) is 4.03. The summed E-state index contributed by atoms with van der Waals surface area (Å²) in [5.41, 5.74) is -0.240. The van der Waals surface area contributed by atoms with Crippen LogP contribution in [0.4, 0.5) is 0 Å². The highest BCUT2D eigenvalue weighted by atomic mass is 16.5. The van der Waals surface area contributed by atoms with Gasteiger partial charge in [-0.2, -0.15) is 0 Å². The molecule has 1 aliphatic rings. The van der Waals surface area contributed by atoms with Gasteiger partial charge in [-0.3, -0.25) is 14.4 Å². The Morgan fingerprint density at radius 3 is 2.73 bits per heavy atom. The summed E-state index contributed by atoms with van der Waals surface area (Å²) in [5.74, 6) is -1.70. The maximum atomic E-state index is 12.4. The molecule has 1 saturated heterocycles. The molecule has 0 radical (unpaired) electrons. The van der Waals surface area contributed by atoms with Crippen LogP contribution >= 0.6 is 0 Å². The lowest BCUT2D eigenvalue weighted by molar-refractivity contribution is -0.142. The number of nitrogens with zero attached hydrogens (tertiary/aromatic N) is 1. The van der Waals surface area contributed by atoms with Gasteiger partial charge in [-0.1, -0.05) is 13.3 Å². The van der Waals surface area contributed by atoms with Crippen LogP contribution in [0.15, 0.2) is 17.1 Å². The summed E-state index contributed by atoms with van der Waals surface area (Å²) in [5, 5.41) is 9.28. The number of aromatic nitrogens is 1. The Balaban J connectivity index is 2.18. The quantitative estimate of drug-likeness (QED) is 0.844. The van der Waals surface area contributed by atoms with E-state index in [9.17, 15) is 19.5 Å². The monoisotopic (exact) mass is 308 g/mol. The fraction of sp³-hybridized carbons (Fsp3) is 0.533. The number of amides is 1. The second-order valence-corrected chi connectivity index (χ2v) is 5.48. The van der Waals surface area contributed by atoms with Crippen molar-refractivity contribution in [3.05, 3.63) is 28.2 Å². The summed E-state index contributed by atoms with van der Waals surface area (Å²) in [6.07, 6.45) is 2.97. The topological polar surface area (TPSA) is 99.7 Å². The van der Waals surface area contributed by atoms with E-state index >= 15 is 0 Å². The lowest BCUT2D eigenvalue weighted by Gasteiger charge is -2.16. The predicted molar refractivity (Wildman–Crippen MR) is 79.0 cm³/mol. The highest BCUT2D eigenvalue weighted by Gasteiger charge is 2.39. The van der Waals surface area contributed by atoms with Gasteiger partial charge in [-0.05, 0) is 12.3 Å². The molecular weight excluding hydrogens is 288 g/mol. The first-order valence-electron chi connectivity index (χ1n) is 7.26. The van der Waals surface area contributed by atoms with Crippen molar-refractivity contribution in [3.8, 4) is 5.75 Å². The SMILES string of the molecule is CCC[C@@H]1CN(C(=O)c2cc(=O)c(OC)c[nH]2)C[C@H]1C(=O)O. The number of hydrogen-bond donors (Lipinski definition) is 2. The number of hydrogen-bond acceptors (Lipinski definition) is 4. The van der Waals surface area contributed by atoms with Crippen molar-refractivity contribution in [1.29, 1.82) is 0 Å². The van der Waals surface area contributed by atoms with Gasteiger partial charge in [0.1, 0.15) is 5.69 Å². The van der Waals surface area contributed by atoms with E-state index in [-0.39, 0.29) is 35.2 Å². The number of nitrogens with one attached hydrogen (secondary N) is 1. The van der Waals surface area contributed by atoms with E-state index < -0.39 is 11.9 Å². The molecule has 22 heavy (non-hydrogen) atoms. The molecule has 1 aromatic heterocycles. The number of carboxylic acids is 1. The van der Waals surface area contributed by atoms with Gasteiger partial charge >= 0.3 is 5.97 Å². The number of aromatic amines is 1. The van der Waals surface area contributed by atoms with Crippen molar-refractivity contribution in [2.45, 2.75) is 19.8 Å². The zero-order valence-corrected chi connectivity index (χ0v) is 12.7. The number of aliphatic carboxylic acids is 1. The van der Waals surface area contributed by atoms with Crippen molar-refractivity contribution < 1.29 is 19.4 Å². The van der Waals surface area contributed by atoms with Crippen LogP contribution in [-0.2, 0) is 4.79 Å². The van der Waals surface area contributed by atoms with Crippen LogP contribution in [0.5, 0.6) is 5.75 Å². The smallest absolute Gasteiger partial charge is 0.308 e. The lowest BCUT2D eigenvalue weighted by Crippen LogP contribution is -2.31. The molecule has 7 nitrogen and oxygen atoms in total. The summed E-state index contributed by atoms with van der Waals surface area (Å²) in [7, 11) is 1.37. The van der Waals surface area contributed by atoms with E-state index in [1.165, 1.54) is 24.3 Å². The molecule has 2 rings (SSSR count). The highest BCUT2D eigenvalue weighted by Crippen LogP contribution is 2.28. The van der Waals surface area contributed by atoms with E-state index in [0.717, 1.165) is 12.8 Å². The molecule has 1 amide bonds. The van der Waals surface area contributed by atoms with Crippen LogP contribution in [0.1, 0.15) is 30.3 Å². The third-order valence-corrected chi connectivity index (χ3v) is 4.03. The summed E-state index contributed by atoms with van der Waals surface area (Å²) in [6, 6.07) is 1.18. The average molecular weight is 308 g/mol. The number of rotatable bonds is 5. The maximum absolute atomic E-state index is 12.4. The van der Waals surface area contributed by atoms with Gasteiger partial charge in [-0.25, -0.2) is 0 Å². The van der Waals surface area contributed by atoms with Crippen LogP contribution in [0, 0.1) is 11.8 Å². The first kappa shape index (κ1) is 16.1. The Morgan fingerprint density at radius 1 is 1.45 bits per heavy atom. The number of ether oxygens (including phenoxy) is 1. The van der Waals surface area contributed by atoms with E-state index in [2.05, 4.69) is 4.98 Å². The molecule has 0 saturated carbocycles.